The third-order valence-corrected chi connectivity index (χ3v) is 2.82. The molecule has 1 aromatic rings. The van der Waals surface area contributed by atoms with Gasteiger partial charge in [0.05, 0.1) is 6.61 Å². The van der Waals surface area contributed by atoms with Crippen molar-refractivity contribution in [3.63, 3.8) is 0 Å². The van der Waals surface area contributed by atoms with E-state index in [9.17, 15) is 0 Å². The highest BCUT2D eigenvalue weighted by Gasteiger charge is 2.06. The molecule has 2 nitrogen and oxygen atoms in total. The average molecular weight is 228 g/mol. The van der Waals surface area contributed by atoms with Gasteiger partial charge in [-0.1, -0.05) is 30.7 Å². The summed E-state index contributed by atoms with van der Waals surface area (Å²) in [5.41, 5.74) is 2.30. The van der Waals surface area contributed by atoms with Gasteiger partial charge >= 0.3 is 0 Å². The van der Waals surface area contributed by atoms with Crippen LogP contribution in [0.25, 0.3) is 0 Å². The van der Waals surface area contributed by atoms with Crippen LogP contribution in [-0.2, 0) is 6.54 Å². The zero-order valence-corrected chi connectivity index (χ0v) is 10.1. The molecule has 1 aromatic carbocycles. The minimum atomic E-state index is 0.192. The van der Waals surface area contributed by atoms with Crippen LogP contribution in [0.2, 0.25) is 5.02 Å². The van der Waals surface area contributed by atoms with E-state index in [1.165, 1.54) is 5.56 Å². The van der Waals surface area contributed by atoms with Gasteiger partial charge in [0.1, 0.15) is 0 Å². The van der Waals surface area contributed by atoms with Crippen molar-refractivity contribution in [1.82, 2.24) is 4.90 Å². The quantitative estimate of drug-likeness (QED) is 0.836. The van der Waals surface area contributed by atoms with Crippen LogP contribution in [0.3, 0.4) is 0 Å². The third-order valence-electron chi connectivity index (χ3n) is 2.47. The SMILES string of the molecule is CCN(CCO)Cc1ccc(C)cc1Cl. The molecule has 84 valence electrons. The van der Waals surface area contributed by atoms with Gasteiger partial charge in [0.2, 0.25) is 0 Å². The van der Waals surface area contributed by atoms with E-state index >= 15 is 0 Å². The summed E-state index contributed by atoms with van der Waals surface area (Å²) < 4.78 is 0. The maximum Gasteiger partial charge on any atom is 0.0558 e. The fourth-order valence-electron chi connectivity index (χ4n) is 1.51. The molecular weight excluding hydrogens is 210 g/mol. The van der Waals surface area contributed by atoms with Crippen molar-refractivity contribution < 1.29 is 5.11 Å². The number of hydrogen-bond acceptors (Lipinski definition) is 2. The molecule has 0 aliphatic heterocycles. The summed E-state index contributed by atoms with van der Waals surface area (Å²) in [4.78, 5) is 2.16. The Morgan fingerprint density at radius 2 is 2.13 bits per heavy atom. The molecule has 0 fully saturated rings. The molecule has 0 saturated heterocycles. The van der Waals surface area contributed by atoms with Crippen LogP contribution >= 0.6 is 11.6 Å². The van der Waals surface area contributed by atoms with E-state index in [1.807, 2.05) is 13.0 Å². The van der Waals surface area contributed by atoms with Crippen molar-refractivity contribution in [2.24, 2.45) is 0 Å². The number of aryl methyl sites for hydroxylation is 1. The number of nitrogens with zero attached hydrogens (tertiary/aromatic N) is 1. The Hall–Kier alpha value is -0.570. The van der Waals surface area contributed by atoms with Gasteiger partial charge < -0.3 is 5.11 Å². The van der Waals surface area contributed by atoms with Crippen molar-refractivity contribution in [1.29, 1.82) is 0 Å². The molecule has 0 aromatic heterocycles. The Balaban J connectivity index is 2.70. The smallest absolute Gasteiger partial charge is 0.0558 e. The largest absolute Gasteiger partial charge is 0.395 e. The lowest BCUT2D eigenvalue weighted by molar-refractivity contribution is 0.197. The Bertz CT molecular complexity index is 314. The fraction of sp³-hybridized carbons (Fsp3) is 0.500. The third kappa shape index (κ3) is 3.82. The van der Waals surface area contributed by atoms with E-state index in [-0.39, 0.29) is 6.61 Å². The van der Waals surface area contributed by atoms with E-state index in [4.69, 9.17) is 16.7 Å². The number of likely N-dealkylation sites (N-methyl/N-ethyl adjacent to an activating group) is 1. The molecule has 1 rings (SSSR count). The summed E-state index contributed by atoms with van der Waals surface area (Å²) >= 11 is 6.14. The molecule has 0 aliphatic rings. The normalized spacial score (nSPS) is 11.0. The Morgan fingerprint density at radius 3 is 2.67 bits per heavy atom. The van der Waals surface area contributed by atoms with Crippen molar-refractivity contribution in [2.45, 2.75) is 20.4 Å². The summed E-state index contributed by atoms with van der Waals surface area (Å²) in [6, 6.07) is 6.09. The van der Waals surface area contributed by atoms with Gasteiger partial charge in [-0.3, -0.25) is 4.90 Å². The van der Waals surface area contributed by atoms with Crippen molar-refractivity contribution in [3.8, 4) is 0 Å². The Morgan fingerprint density at radius 1 is 1.40 bits per heavy atom. The maximum atomic E-state index is 8.88. The molecule has 0 radical (unpaired) electrons. The molecule has 0 saturated carbocycles. The molecule has 0 amide bonds. The lowest BCUT2D eigenvalue weighted by Crippen LogP contribution is -2.26. The number of aliphatic hydroxyl groups excluding tert-OH is 1. The van der Waals surface area contributed by atoms with Crippen LogP contribution in [0.5, 0.6) is 0 Å². The van der Waals surface area contributed by atoms with Crippen LogP contribution < -0.4 is 0 Å². The predicted molar refractivity (Wildman–Crippen MR) is 64.2 cm³/mol. The molecule has 0 spiro atoms. The molecule has 1 N–H and O–H groups in total. The zero-order valence-electron chi connectivity index (χ0n) is 9.33. The number of benzene rings is 1. The molecule has 15 heavy (non-hydrogen) atoms. The standard InChI is InChI=1S/C12H18ClNO/c1-3-14(6-7-15)9-11-5-4-10(2)8-12(11)13/h4-5,8,15H,3,6-7,9H2,1-2H3. The van der Waals surface area contributed by atoms with Gasteiger partial charge in [-0.25, -0.2) is 0 Å². The Kier molecular flexibility index (Phi) is 5.09. The van der Waals surface area contributed by atoms with Crippen LogP contribution in [0.4, 0.5) is 0 Å². The highest BCUT2D eigenvalue weighted by Crippen LogP contribution is 2.19. The summed E-state index contributed by atoms with van der Waals surface area (Å²) in [5.74, 6) is 0. The second-order valence-corrected chi connectivity index (χ2v) is 4.09. The van der Waals surface area contributed by atoms with Gasteiger partial charge in [0, 0.05) is 18.1 Å². The highest BCUT2D eigenvalue weighted by molar-refractivity contribution is 6.31. The highest BCUT2D eigenvalue weighted by atomic mass is 35.5. The molecular formula is C12H18ClNO. The van der Waals surface area contributed by atoms with Gasteiger partial charge in [-0.05, 0) is 30.7 Å². The molecule has 0 atom stereocenters. The first-order chi connectivity index (χ1) is 7.17. The van der Waals surface area contributed by atoms with Gasteiger partial charge in [-0.2, -0.15) is 0 Å². The summed E-state index contributed by atoms with van der Waals surface area (Å²) in [6.07, 6.45) is 0. The number of aliphatic hydroxyl groups is 1. The molecule has 0 unspecified atom stereocenters. The zero-order chi connectivity index (χ0) is 11.3. The fourth-order valence-corrected chi connectivity index (χ4v) is 1.81. The van der Waals surface area contributed by atoms with E-state index in [0.717, 1.165) is 23.7 Å². The van der Waals surface area contributed by atoms with Gasteiger partial charge in [0.15, 0.2) is 0 Å². The van der Waals surface area contributed by atoms with Gasteiger partial charge in [0.25, 0.3) is 0 Å². The summed E-state index contributed by atoms with van der Waals surface area (Å²) in [5, 5.41) is 9.70. The molecule has 0 heterocycles. The van der Waals surface area contributed by atoms with Crippen molar-refractivity contribution >= 4 is 11.6 Å². The first-order valence-electron chi connectivity index (χ1n) is 5.25. The van der Waals surface area contributed by atoms with E-state index in [1.54, 1.807) is 0 Å². The lowest BCUT2D eigenvalue weighted by atomic mass is 10.1. The number of rotatable bonds is 5. The van der Waals surface area contributed by atoms with Crippen LogP contribution in [0.15, 0.2) is 18.2 Å². The lowest BCUT2D eigenvalue weighted by Gasteiger charge is -2.19. The average Bonchev–Trinajstić information content (AvgIpc) is 2.21. The summed E-state index contributed by atoms with van der Waals surface area (Å²) in [7, 11) is 0. The van der Waals surface area contributed by atoms with Crippen LogP contribution in [0.1, 0.15) is 18.1 Å². The second-order valence-electron chi connectivity index (χ2n) is 3.69. The van der Waals surface area contributed by atoms with E-state index < -0.39 is 0 Å². The molecule has 3 heteroatoms. The monoisotopic (exact) mass is 227 g/mol. The first-order valence-corrected chi connectivity index (χ1v) is 5.63. The van der Waals surface area contributed by atoms with Crippen molar-refractivity contribution in [3.05, 3.63) is 34.3 Å². The number of hydrogen-bond donors (Lipinski definition) is 1. The van der Waals surface area contributed by atoms with E-state index in [2.05, 4.69) is 24.0 Å². The topological polar surface area (TPSA) is 23.5 Å². The molecule has 0 bridgehead atoms. The molecule has 0 aliphatic carbocycles. The first kappa shape index (κ1) is 12.5. The van der Waals surface area contributed by atoms with Crippen LogP contribution in [0, 0.1) is 6.92 Å². The minimum Gasteiger partial charge on any atom is -0.395 e. The minimum absolute atomic E-state index is 0.192. The van der Waals surface area contributed by atoms with Crippen molar-refractivity contribution in [2.75, 3.05) is 19.7 Å². The predicted octanol–water partition coefficient (Wildman–Crippen LogP) is 2.46. The Labute approximate surface area is 96.5 Å². The maximum absolute atomic E-state index is 8.88. The summed E-state index contributed by atoms with van der Waals surface area (Å²) in [6.45, 7) is 6.72. The van der Waals surface area contributed by atoms with E-state index in [0.29, 0.717) is 6.54 Å². The van der Waals surface area contributed by atoms with Crippen LogP contribution in [-0.4, -0.2) is 29.7 Å². The van der Waals surface area contributed by atoms with Gasteiger partial charge in [-0.15, -0.1) is 0 Å². The second kappa shape index (κ2) is 6.11. The number of halogens is 1.